The van der Waals surface area contributed by atoms with Crippen LogP contribution in [0.25, 0.3) is 11.1 Å². The third-order valence-electron chi connectivity index (χ3n) is 5.05. The smallest absolute Gasteiger partial charge is 0.243 e. The fourth-order valence-corrected chi connectivity index (χ4v) is 5.14. The summed E-state index contributed by atoms with van der Waals surface area (Å²) in [7, 11) is -3.60. The lowest BCUT2D eigenvalue weighted by molar-refractivity contribution is 0.0547. The van der Waals surface area contributed by atoms with E-state index in [4.69, 9.17) is 4.74 Å². The van der Waals surface area contributed by atoms with Gasteiger partial charge in [0.1, 0.15) is 5.82 Å². The third-order valence-corrected chi connectivity index (χ3v) is 7.02. The zero-order valence-corrected chi connectivity index (χ0v) is 16.0. The van der Waals surface area contributed by atoms with Gasteiger partial charge in [0.25, 0.3) is 0 Å². The summed E-state index contributed by atoms with van der Waals surface area (Å²) in [6.07, 6.45) is 1.18. The lowest BCUT2D eigenvalue weighted by Crippen LogP contribution is -2.53. The van der Waals surface area contributed by atoms with Crippen molar-refractivity contribution in [1.82, 2.24) is 9.29 Å². The molecule has 0 aliphatic carbocycles. The first-order chi connectivity index (χ1) is 12.9. The Balaban J connectivity index is 1.67. The number of anilines is 1. The number of pyridine rings is 1. The minimum absolute atomic E-state index is 0.155. The predicted octanol–water partition coefficient (Wildman–Crippen LogP) is 1.26. The van der Waals surface area contributed by atoms with Crippen LogP contribution in [0.4, 0.5) is 5.82 Å². The van der Waals surface area contributed by atoms with Gasteiger partial charge in [-0.1, -0.05) is 12.1 Å². The van der Waals surface area contributed by atoms with Gasteiger partial charge in [-0.2, -0.15) is 4.31 Å². The van der Waals surface area contributed by atoms with Crippen LogP contribution in [-0.4, -0.2) is 68.3 Å². The highest BCUT2D eigenvalue weighted by Gasteiger charge is 2.36. The number of aromatic nitrogens is 1. The number of ether oxygens (including phenoxy) is 1. The average Bonchev–Trinajstić information content (AvgIpc) is 2.66. The van der Waals surface area contributed by atoms with Crippen molar-refractivity contribution in [3.05, 3.63) is 42.1 Å². The van der Waals surface area contributed by atoms with Crippen LogP contribution in [0.15, 0.2) is 41.4 Å². The Morgan fingerprint density at radius 3 is 2.52 bits per heavy atom. The minimum atomic E-state index is -3.60. The summed E-state index contributed by atoms with van der Waals surface area (Å²) < 4.78 is 32.4. The number of rotatable bonds is 4. The van der Waals surface area contributed by atoms with E-state index in [-0.39, 0.29) is 18.0 Å². The van der Waals surface area contributed by atoms with E-state index in [0.29, 0.717) is 18.8 Å². The fraction of sp³-hybridized carbons (Fsp3) is 0.421. The standard InChI is InChI=1S/C19H23N3O4S/c1-14-2-3-15(10-18(14)27(24,25)22-12-17(23)13-22)16-4-5-20-19(11-16)21-6-8-26-9-7-21/h2-5,10-11,17,23H,6-9,12-13H2,1H3. The average molecular weight is 389 g/mol. The van der Waals surface area contributed by atoms with E-state index in [1.54, 1.807) is 19.2 Å². The summed E-state index contributed by atoms with van der Waals surface area (Å²) in [5.41, 5.74) is 2.45. The Hall–Kier alpha value is -2.00. The molecule has 1 aromatic carbocycles. The molecule has 2 fully saturated rings. The monoisotopic (exact) mass is 389 g/mol. The molecule has 2 aliphatic rings. The van der Waals surface area contributed by atoms with Crippen LogP contribution in [-0.2, 0) is 14.8 Å². The molecule has 3 heterocycles. The Morgan fingerprint density at radius 2 is 1.81 bits per heavy atom. The van der Waals surface area contributed by atoms with Gasteiger partial charge in [-0.15, -0.1) is 0 Å². The van der Waals surface area contributed by atoms with Crippen molar-refractivity contribution in [1.29, 1.82) is 0 Å². The number of aliphatic hydroxyl groups is 1. The van der Waals surface area contributed by atoms with E-state index in [9.17, 15) is 13.5 Å². The quantitative estimate of drug-likeness (QED) is 0.848. The number of β-amino-alcohol motifs (C(OH)–C–C–N with tert-alkyl or cyclic N) is 1. The number of hydrogen-bond acceptors (Lipinski definition) is 6. The number of aryl methyl sites for hydroxylation is 1. The van der Waals surface area contributed by atoms with Gasteiger partial charge in [0, 0.05) is 32.4 Å². The van der Waals surface area contributed by atoms with Gasteiger partial charge in [0.15, 0.2) is 0 Å². The van der Waals surface area contributed by atoms with E-state index in [0.717, 1.165) is 30.0 Å². The van der Waals surface area contributed by atoms with Crippen molar-refractivity contribution in [2.24, 2.45) is 0 Å². The number of nitrogens with zero attached hydrogens (tertiary/aromatic N) is 3. The lowest BCUT2D eigenvalue weighted by atomic mass is 10.1. The largest absolute Gasteiger partial charge is 0.390 e. The minimum Gasteiger partial charge on any atom is -0.390 e. The second-order valence-corrected chi connectivity index (χ2v) is 8.86. The van der Waals surface area contributed by atoms with Gasteiger partial charge in [-0.05, 0) is 41.8 Å². The molecular formula is C19H23N3O4S. The van der Waals surface area contributed by atoms with Gasteiger partial charge >= 0.3 is 0 Å². The molecule has 2 aliphatic heterocycles. The van der Waals surface area contributed by atoms with Gasteiger partial charge in [-0.3, -0.25) is 0 Å². The van der Waals surface area contributed by atoms with Gasteiger partial charge in [-0.25, -0.2) is 13.4 Å². The number of sulfonamides is 1. The number of hydrogen-bond donors (Lipinski definition) is 1. The Labute approximate surface area is 159 Å². The third kappa shape index (κ3) is 3.58. The van der Waals surface area contributed by atoms with Crippen LogP contribution in [0.3, 0.4) is 0 Å². The van der Waals surface area contributed by atoms with Crippen molar-refractivity contribution in [3.8, 4) is 11.1 Å². The SMILES string of the molecule is Cc1ccc(-c2ccnc(N3CCOCC3)c2)cc1S(=O)(=O)N1CC(O)C1. The van der Waals surface area contributed by atoms with E-state index < -0.39 is 16.1 Å². The van der Waals surface area contributed by atoms with Crippen molar-refractivity contribution < 1.29 is 18.3 Å². The maximum Gasteiger partial charge on any atom is 0.243 e. The Bertz CT molecular complexity index is 936. The maximum absolute atomic E-state index is 12.9. The first kappa shape index (κ1) is 18.4. The van der Waals surface area contributed by atoms with E-state index in [1.807, 2.05) is 24.3 Å². The molecule has 8 heteroatoms. The summed E-state index contributed by atoms with van der Waals surface area (Å²) >= 11 is 0. The second-order valence-electron chi connectivity index (χ2n) is 6.96. The van der Waals surface area contributed by atoms with Gasteiger partial charge in [0.2, 0.25) is 10.0 Å². The van der Waals surface area contributed by atoms with Gasteiger partial charge in [0.05, 0.1) is 24.2 Å². The van der Waals surface area contributed by atoms with E-state index >= 15 is 0 Å². The van der Waals surface area contributed by atoms with Crippen molar-refractivity contribution in [3.63, 3.8) is 0 Å². The molecule has 1 N–H and O–H groups in total. The molecule has 0 atom stereocenters. The summed E-state index contributed by atoms with van der Waals surface area (Å²) in [5.74, 6) is 0.867. The summed E-state index contributed by atoms with van der Waals surface area (Å²) in [5, 5.41) is 9.46. The number of aliphatic hydroxyl groups excluding tert-OH is 1. The topological polar surface area (TPSA) is 83.0 Å². The van der Waals surface area contributed by atoms with Crippen molar-refractivity contribution in [2.45, 2.75) is 17.9 Å². The Kier molecular flexibility index (Phi) is 4.90. The summed E-state index contributed by atoms with van der Waals surface area (Å²) in [4.78, 5) is 6.91. The molecule has 0 spiro atoms. The van der Waals surface area contributed by atoms with Crippen molar-refractivity contribution in [2.75, 3.05) is 44.3 Å². The van der Waals surface area contributed by atoms with Crippen LogP contribution in [0.1, 0.15) is 5.56 Å². The highest BCUT2D eigenvalue weighted by molar-refractivity contribution is 7.89. The van der Waals surface area contributed by atoms with E-state index in [1.165, 1.54) is 4.31 Å². The molecular weight excluding hydrogens is 366 g/mol. The number of benzene rings is 1. The zero-order chi connectivity index (χ0) is 19.0. The van der Waals surface area contributed by atoms with Gasteiger partial charge < -0.3 is 14.7 Å². The predicted molar refractivity (Wildman–Crippen MR) is 102 cm³/mol. The molecule has 7 nitrogen and oxygen atoms in total. The highest BCUT2D eigenvalue weighted by Crippen LogP contribution is 2.30. The molecule has 0 saturated carbocycles. The van der Waals surface area contributed by atoms with E-state index in [2.05, 4.69) is 9.88 Å². The first-order valence-electron chi connectivity index (χ1n) is 9.03. The maximum atomic E-state index is 12.9. The molecule has 0 unspecified atom stereocenters. The van der Waals surface area contributed by atoms with Crippen LogP contribution >= 0.6 is 0 Å². The molecule has 1 aromatic heterocycles. The highest BCUT2D eigenvalue weighted by atomic mass is 32.2. The molecule has 0 radical (unpaired) electrons. The van der Waals surface area contributed by atoms with Crippen LogP contribution in [0.2, 0.25) is 0 Å². The van der Waals surface area contributed by atoms with Crippen molar-refractivity contribution >= 4 is 15.8 Å². The molecule has 0 amide bonds. The normalized spacial score (nSPS) is 19.1. The molecule has 27 heavy (non-hydrogen) atoms. The molecule has 2 aromatic rings. The first-order valence-corrected chi connectivity index (χ1v) is 10.5. The summed E-state index contributed by atoms with van der Waals surface area (Å²) in [6.45, 7) is 5.05. The Morgan fingerprint density at radius 1 is 1.11 bits per heavy atom. The van der Waals surface area contributed by atoms with Crippen LogP contribution in [0.5, 0.6) is 0 Å². The molecule has 2 saturated heterocycles. The number of morpholine rings is 1. The van der Waals surface area contributed by atoms with Crippen LogP contribution < -0.4 is 4.90 Å². The lowest BCUT2D eigenvalue weighted by Gasteiger charge is -2.35. The zero-order valence-electron chi connectivity index (χ0n) is 15.2. The molecule has 0 bridgehead atoms. The summed E-state index contributed by atoms with van der Waals surface area (Å²) in [6, 6.07) is 9.34. The molecule has 4 rings (SSSR count). The fourth-order valence-electron chi connectivity index (χ4n) is 3.37. The second kappa shape index (κ2) is 7.20. The van der Waals surface area contributed by atoms with Crippen LogP contribution in [0, 0.1) is 6.92 Å². The molecule has 144 valence electrons.